The summed E-state index contributed by atoms with van der Waals surface area (Å²) in [5.74, 6) is 0.118. The van der Waals surface area contributed by atoms with E-state index in [0.717, 1.165) is 0 Å². The van der Waals surface area contributed by atoms with Crippen LogP contribution < -0.4 is 5.32 Å². The first-order valence-corrected chi connectivity index (χ1v) is 10.6. The lowest BCUT2D eigenvalue weighted by molar-refractivity contribution is -0.0440. The number of benzene rings is 1. The monoisotopic (exact) mass is 368 g/mol. The van der Waals surface area contributed by atoms with Gasteiger partial charge in [-0.3, -0.25) is 0 Å². The molecule has 1 aliphatic heterocycles. The molecule has 0 radical (unpaired) electrons. The van der Waals surface area contributed by atoms with E-state index >= 15 is 0 Å². The van der Waals surface area contributed by atoms with Crippen LogP contribution in [0.2, 0.25) is 0 Å². The molecule has 2 rings (SSSR count). The van der Waals surface area contributed by atoms with Gasteiger partial charge in [0, 0.05) is 26.2 Å². The van der Waals surface area contributed by atoms with Gasteiger partial charge in [-0.1, -0.05) is 45.0 Å². The maximum Gasteiger partial charge on any atom is 0.215 e. The summed E-state index contributed by atoms with van der Waals surface area (Å²) in [6, 6.07) is 8.50. The predicted octanol–water partition coefficient (Wildman–Crippen LogP) is 2.51. The van der Waals surface area contributed by atoms with Gasteiger partial charge < -0.3 is 10.1 Å². The summed E-state index contributed by atoms with van der Waals surface area (Å²) >= 11 is 0. The van der Waals surface area contributed by atoms with Crippen molar-refractivity contribution in [1.82, 2.24) is 9.62 Å². The number of hydrogen-bond acceptors (Lipinski definition) is 4. The highest BCUT2D eigenvalue weighted by atomic mass is 32.2. The van der Waals surface area contributed by atoms with Crippen molar-refractivity contribution in [3.8, 4) is 0 Å². The minimum atomic E-state index is -3.24. The van der Waals surface area contributed by atoms with Gasteiger partial charge in [-0.2, -0.15) is 4.31 Å². The van der Waals surface area contributed by atoms with Crippen LogP contribution in [-0.4, -0.2) is 50.3 Å². The van der Waals surface area contributed by atoms with Gasteiger partial charge in [0.1, 0.15) is 0 Å². The second-order valence-corrected chi connectivity index (χ2v) is 10.1. The summed E-state index contributed by atoms with van der Waals surface area (Å²) in [6.45, 7) is 12.4. The fourth-order valence-corrected chi connectivity index (χ4v) is 4.58. The van der Waals surface area contributed by atoms with Gasteiger partial charge >= 0.3 is 0 Å². The Morgan fingerprint density at radius 3 is 2.20 bits per heavy atom. The summed E-state index contributed by atoms with van der Waals surface area (Å²) in [6.07, 6.45) is -0.0966. The average molecular weight is 369 g/mol. The SMILES string of the molecule is CC1CN(S(=O)(=O)CCNCc2ccc(C(C)(C)C)cc2)CC(C)O1. The molecule has 142 valence electrons. The number of sulfonamides is 1. The second-order valence-electron chi connectivity index (χ2n) is 8.01. The van der Waals surface area contributed by atoms with Crippen molar-refractivity contribution in [1.29, 1.82) is 0 Å². The largest absolute Gasteiger partial charge is 0.373 e. The van der Waals surface area contributed by atoms with Crippen molar-refractivity contribution in [2.24, 2.45) is 0 Å². The maximum absolute atomic E-state index is 12.5. The number of nitrogens with one attached hydrogen (secondary N) is 1. The molecule has 5 nitrogen and oxygen atoms in total. The quantitative estimate of drug-likeness (QED) is 0.784. The van der Waals surface area contributed by atoms with Crippen LogP contribution in [0.3, 0.4) is 0 Å². The Morgan fingerprint density at radius 1 is 1.12 bits per heavy atom. The van der Waals surface area contributed by atoms with E-state index in [4.69, 9.17) is 4.74 Å². The van der Waals surface area contributed by atoms with Gasteiger partial charge in [-0.05, 0) is 30.4 Å². The number of hydrogen-bond donors (Lipinski definition) is 1. The fourth-order valence-electron chi connectivity index (χ4n) is 3.04. The minimum Gasteiger partial charge on any atom is -0.373 e. The highest BCUT2D eigenvalue weighted by Crippen LogP contribution is 2.22. The molecule has 1 aromatic rings. The van der Waals surface area contributed by atoms with Gasteiger partial charge in [-0.25, -0.2) is 8.42 Å². The Hall–Kier alpha value is -0.950. The third kappa shape index (κ3) is 6.06. The molecule has 0 amide bonds. The molecule has 0 saturated carbocycles. The van der Waals surface area contributed by atoms with Crippen LogP contribution in [-0.2, 0) is 26.7 Å². The topological polar surface area (TPSA) is 58.6 Å². The second kappa shape index (κ2) is 8.16. The zero-order chi connectivity index (χ0) is 18.7. The molecule has 1 aliphatic rings. The van der Waals surface area contributed by atoms with Gasteiger partial charge in [0.2, 0.25) is 10.0 Å². The summed E-state index contributed by atoms with van der Waals surface area (Å²) in [7, 11) is -3.24. The van der Waals surface area contributed by atoms with Crippen LogP contribution in [0.4, 0.5) is 0 Å². The molecule has 1 saturated heterocycles. The summed E-state index contributed by atoms with van der Waals surface area (Å²) in [5.41, 5.74) is 2.61. The van der Waals surface area contributed by atoms with E-state index in [9.17, 15) is 8.42 Å². The lowest BCUT2D eigenvalue weighted by atomic mass is 9.87. The van der Waals surface area contributed by atoms with Crippen molar-refractivity contribution < 1.29 is 13.2 Å². The van der Waals surface area contributed by atoms with Crippen molar-refractivity contribution in [2.45, 2.75) is 58.8 Å². The van der Waals surface area contributed by atoms with E-state index in [1.165, 1.54) is 11.1 Å². The van der Waals surface area contributed by atoms with Crippen LogP contribution >= 0.6 is 0 Å². The van der Waals surface area contributed by atoms with Gasteiger partial charge in [0.05, 0.1) is 18.0 Å². The average Bonchev–Trinajstić information content (AvgIpc) is 2.50. The molecular weight excluding hydrogens is 336 g/mol. The Bertz CT molecular complexity index is 640. The zero-order valence-electron chi connectivity index (χ0n) is 16.1. The Balaban J connectivity index is 1.80. The van der Waals surface area contributed by atoms with Crippen molar-refractivity contribution >= 4 is 10.0 Å². The van der Waals surface area contributed by atoms with Crippen LogP contribution in [0.1, 0.15) is 45.7 Å². The van der Waals surface area contributed by atoms with E-state index in [0.29, 0.717) is 26.2 Å². The number of nitrogens with zero attached hydrogens (tertiary/aromatic N) is 1. The van der Waals surface area contributed by atoms with Crippen molar-refractivity contribution in [2.75, 3.05) is 25.4 Å². The van der Waals surface area contributed by atoms with Crippen LogP contribution in [0.25, 0.3) is 0 Å². The van der Waals surface area contributed by atoms with Crippen LogP contribution in [0.5, 0.6) is 0 Å². The van der Waals surface area contributed by atoms with Crippen LogP contribution in [0, 0.1) is 0 Å². The molecule has 1 heterocycles. The Kier molecular flexibility index (Phi) is 6.65. The first-order chi connectivity index (χ1) is 11.6. The normalized spacial score (nSPS) is 22.9. The van der Waals surface area contributed by atoms with E-state index in [-0.39, 0.29) is 23.4 Å². The number of morpholine rings is 1. The van der Waals surface area contributed by atoms with Gasteiger partial charge in [0.15, 0.2) is 0 Å². The Labute approximate surface area is 152 Å². The lowest BCUT2D eigenvalue weighted by Gasteiger charge is -2.34. The smallest absolute Gasteiger partial charge is 0.215 e. The standard InChI is InChI=1S/C19H32N2O3S/c1-15-13-21(14-16(2)24-15)25(22,23)11-10-20-12-17-6-8-18(9-7-17)19(3,4)5/h6-9,15-16,20H,10-14H2,1-5H3. The molecule has 0 aliphatic carbocycles. The molecule has 1 N–H and O–H groups in total. The summed E-state index contributed by atoms with van der Waals surface area (Å²) in [5, 5.41) is 3.24. The molecule has 0 spiro atoms. The van der Waals surface area contributed by atoms with E-state index < -0.39 is 10.0 Å². The van der Waals surface area contributed by atoms with Crippen LogP contribution in [0.15, 0.2) is 24.3 Å². The lowest BCUT2D eigenvalue weighted by Crippen LogP contribution is -2.49. The highest BCUT2D eigenvalue weighted by Gasteiger charge is 2.30. The molecule has 2 unspecified atom stereocenters. The molecule has 1 aromatic carbocycles. The number of rotatable bonds is 6. The summed E-state index contributed by atoms with van der Waals surface area (Å²) < 4.78 is 32.1. The fraction of sp³-hybridized carbons (Fsp3) is 0.684. The third-order valence-electron chi connectivity index (χ3n) is 4.47. The molecule has 2 atom stereocenters. The molecule has 6 heteroatoms. The molecule has 0 bridgehead atoms. The zero-order valence-corrected chi connectivity index (χ0v) is 16.9. The Morgan fingerprint density at radius 2 is 1.68 bits per heavy atom. The predicted molar refractivity (Wildman–Crippen MR) is 102 cm³/mol. The first kappa shape index (κ1) is 20.4. The molecule has 0 aromatic heterocycles. The van der Waals surface area contributed by atoms with E-state index in [2.05, 4.69) is 50.4 Å². The van der Waals surface area contributed by atoms with Gasteiger partial charge in [0.25, 0.3) is 0 Å². The van der Waals surface area contributed by atoms with Crippen molar-refractivity contribution in [3.05, 3.63) is 35.4 Å². The highest BCUT2D eigenvalue weighted by molar-refractivity contribution is 7.89. The van der Waals surface area contributed by atoms with E-state index in [1.54, 1.807) is 4.31 Å². The van der Waals surface area contributed by atoms with Gasteiger partial charge in [-0.15, -0.1) is 0 Å². The summed E-state index contributed by atoms with van der Waals surface area (Å²) in [4.78, 5) is 0. The van der Waals surface area contributed by atoms with E-state index in [1.807, 2.05) is 13.8 Å². The first-order valence-electron chi connectivity index (χ1n) is 9.01. The molecule has 1 fully saturated rings. The minimum absolute atomic E-state index is 0.0483. The maximum atomic E-state index is 12.5. The molecule has 25 heavy (non-hydrogen) atoms. The third-order valence-corrected chi connectivity index (χ3v) is 6.27. The molecular formula is C19H32N2O3S. The number of ether oxygens (including phenoxy) is 1. The van der Waals surface area contributed by atoms with Crippen molar-refractivity contribution in [3.63, 3.8) is 0 Å².